The Morgan fingerprint density at radius 1 is 1.03 bits per heavy atom. The molecule has 0 unspecified atom stereocenters. The molecule has 0 heterocycles. The van der Waals surface area contributed by atoms with Crippen molar-refractivity contribution >= 4 is 12.0 Å². The summed E-state index contributed by atoms with van der Waals surface area (Å²) < 4.78 is 30.0. The number of amides is 1. The predicted octanol–water partition coefficient (Wildman–Crippen LogP) is 4.65. The van der Waals surface area contributed by atoms with Crippen LogP contribution in [0.3, 0.4) is 0 Å². The van der Waals surface area contributed by atoms with Crippen molar-refractivity contribution < 1.29 is 23.4 Å². The van der Waals surface area contributed by atoms with Crippen LogP contribution in [0.2, 0.25) is 0 Å². The molecule has 0 aromatic heterocycles. The third-order valence-corrected chi connectivity index (χ3v) is 4.82. The normalized spacial score (nSPS) is 10.8. The van der Waals surface area contributed by atoms with Gasteiger partial charge in [0.15, 0.2) is 11.5 Å². The summed E-state index contributed by atoms with van der Waals surface area (Å²) in [6.45, 7) is 0.309. The van der Waals surface area contributed by atoms with Crippen LogP contribution in [0.25, 0.3) is 6.08 Å². The molecule has 0 fully saturated rings. The van der Waals surface area contributed by atoms with E-state index in [0.717, 1.165) is 11.3 Å². The summed E-state index contributed by atoms with van der Waals surface area (Å²) in [5, 5.41) is 12.2. The molecule has 0 aliphatic carbocycles. The maximum absolute atomic E-state index is 13.8. The summed E-state index contributed by atoms with van der Waals surface area (Å²) in [6.07, 6.45) is 1.46. The van der Waals surface area contributed by atoms with Crippen LogP contribution < -0.4 is 19.5 Å². The molecule has 168 valence electrons. The average Bonchev–Trinajstić information content (AvgIpc) is 2.85. The van der Waals surface area contributed by atoms with Gasteiger partial charge in [0, 0.05) is 12.1 Å². The first kappa shape index (κ1) is 23.4. The van der Waals surface area contributed by atoms with Gasteiger partial charge < -0.3 is 19.5 Å². The van der Waals surface area contributed by atoms with Gasteiger partial charge in [-0.1, -0.05) is 36.4 Å². The Morgan fingerprint density at radius 3 is 2.45 bits per heavy atom. The van der Waals surface area contributed by atoms with Crippen LogP contribution >= 0.6 is 0 Å². The lowest BCUT2D eigenvalue weighted by Gasteiger charge is -2.12. The summed E-state index contributed by atoms with van der Waals surface area (Å²) in [5.74, 6) is 0.692. The molecule has 1 N–H and O–H groups in total. The number of nitrogens with zero attached hydrogens (tertiary/aromatic N) is 1. The van der Waals surface area contributed by atoms with Crippen LogP contribution in [0.4, 0.5) is 4.39 Å². The Labute approximate surface area is 191 Å². The van der Waals surface area contributed by atoms with Crippen LogP contribution in [-0.4, -0.2) is 20.1 Å². The fourth-order valence-corrected chi connectivity index (χ4v) is 3.00. The molecule has 0 radical (unpaired) electrons. The Bertz CT molecular complexity index is 1180. The zero-order chi connectivity index (χ0) is 23.6. The number of methoxy groups -OCH3 is 2. The molecule has 6 nitrogen and oxygen atoms in total. The van der Waals surface area contributed by atoms with Crippen LogP contribution in [-0.2, 0) is 17.9 Å². The molecule has 33 heavy (non-hydrogen) atoms. The maximum Gasteiger partial charge on any atom is 0.262 e. The fourth-order valence-electron chi connectivity index (χ4n) is 3.00. The zero-order valence-electron chi connectivity index (χ0n) is 18.3. The van der Waals surface area contributed by atoms with Crippen molar-refractivity contribution in [2.75, 3.05) is 14.2 Å². The first-order chi connectivity index (χ1) is 16.0. The molecule has 1 amide bonds. The minimum atomic E-state index is -0.493. The van der Waals surface area contributed by atoms with E-state index in [0.29, 0.717) is 22.6 Å². The highest BCUT2D eigenvalue weighted by Crippen LogP contribution is 2.30. The van der Waals surface area contributed by atoms with E-state index >= 15 is 0 Å². The summed E-state index contributed by atoms with van der Waals surface area (Å²) in [7, 11) is 3.06. The molecule has 7 heteroatoms. The van der Waals surface area contributed by atoms with Crippen LogP contribution in [0, 0.1) is 17.1 Å². The van der Waals surface area contributed by atoms with E-state index in [1.54, 1.807) is 55.6 Å². The topological polar surface area (TPSA) is 80.6 Å². The van der Waals surface area contributed by atoms with Crippen LogP contribution in [0.15, 0.2) is 72.3 Å². The number of benzene rings is 3. The van der Waals surface area contributed by atoms with Crippen molar-refractivity contribution in [2.24, 2.45) is 0 Å². The standard InChI is InChI=1S/C26H23FN2O4/c1-31-22-10-7-18(8-11-22)16-29-26(30)21(15-28)13-19-9-12-24(25(14-19)32-2)33-17-20-5-3-4-6-23(20)27/h3-14H,16-17H2,1-2H3,(H,29,30)/b21-13-. The Balaban J connectivity index is 1.68. The molecule has 3 aromatic carbocycles. The quantitative estimate of drug-likeness (QED) is 0.382. The van der Waals surface area contributed by atoms with Gasteiger partial charge in [0.05, 0.1) is 14.2 Å². The number of hydrogen-bond donors (Lipinski definition) is 1. The van der Waals surface area contributed by atoms with Gasteiger partial charge in [0.25, 0.3) is 5.91 Å². The van der Waals surface area contributed by atoms with E-state index in [-0.39, 0.29) is 24.5 Å². The molecule has 0 saturated carbocycles. The monoisotopic (exact) mass is 446 g/mol. The second kappa shape index (κ2) is 11.3. The van der Waals surface area contributed by atoms with Crippen LogP contribution in [0.1, 0.15) is 16.7 Å². The molecule has 0 atom stereocenters. The van der Waals surface area contributed by atoms with E-state index in [1.807, 2.05) is 18.2 Å². The van der Waals surface area contributed by atoms with Crippen molar-refractivity contribution in [1.82, 2.24) is 5.32 Å². The van der Waals surface area contributed by atoms with Crippen molar-refractivity contribution in [3.63, 3.8) is 0 Å². The summed E-state index contributed by atoms with van der Waals surface area (Å²) in [4.78, 5) is 12.5. The molecule has 0 saturated heterocycles. The second-order valence-electron chi connectivity index (χ2n) is 6.99. The van der Waals surface area contributed by atoms with E-state index in [2.05, 4.69) is 5.32 Å². The van der Waals surface area contributed by atoms with Gasteiger partial charge in [-0.25, -0.2) is 4.39 Å². The smallest absolute Gasteiger partial charge is 0.262 e. The number of hydrogen-bond acceptors (Lipinski definition) is 5. The molecule has 3 rings (SSSR count). The van der Waals surface area contributed by atoms with Crippen molar-refractivity contribution in [3.05, 3.63) is 94.8 Å². The largest absolute Gasteiger partial charge is 0.497 e. The SMILES string of the molecule is COc1ccc(CNC(=O)/C(C#N)=C\c2ccc(OCc3ccccc3F)c(OC)c2)cc1. The minimum Gasteiger partial charge on any atom is -0.497 e. The van der Waals surface area contributed by atoms with Gasteiger partial charge >= 0.3 is 0 Å². The number of halogens is 1. The zero-order valence-corrected chi connectivity index (χ0v) is 18.3. The predicted molar refractivity (Wildman–Crippen MR) is 122 cm³/mol. The summed E-state index contributed by atoms with van der Waals surface area (Å²) in [6, 6.07) is 20.5. The van der Waals surface area contributed by atoms with Gasteiger partial charge in [0.1, 0.15) is 29.8 Å². The lowest BCUT2D eigenvalue weighted by molar-refractivity contribution is -0.117. The number of rotatable bonds is 9. The van der Waals surface area contributed by atoms with E-state index in [1.165, 1.54) is 19.3 Å². The third-order valence-electron chi connectivity index (χ3n) is 4.82. The van der Waals surface area contributed by atoms with E-state index in [4.69, 9.17) is 14.2 Å². The number of carbonyl (C=O) groups excluding carboxylic acids is 1. The molecule has 0 spiro atoms. The van der Waals surface area contributed by atoms with Crippen LogP contribution in [0.5, 0.6) is 17.2 Å². The Kier molecular flexibility index (Phi) is 8.03. The van der Waals surface area contributed by atoms with Gasteiger partial charge in [0.2, 0.25) is 0 Å². The highest BCUT2D eigenvalue weighted by molar-refractivity contribution is 6.01. The van der Waals surface area contributed by atoms with Gasteiger partial charge in [-0.05, 0) is 47.5 Å². The molecule has 0 aliphatic heterocycles. The first-order valence-electron chi connectivity index (χ1n) is 10.1. The lowest BCUT2D eigenvalue weighted by Crippen LogP contribution is -2.23. The second-order valence-corrected chi connectivity index (χ2v) is 6.99. The molecule has 0 aliphatic rings. The fraction of sp³-hybridized carbons (Fsp3) is 0.154. The minimum absolute atomic E-state index is 0.0371. The van der Waals surface area contributed by atoms with Gasteiger partial charge in [-0.2, -0.15) is 5.26 Å². The molecular formula is C26H23FN2O4. The number of nitriles is 1. The third kappa shape index (κ3) is 6.34. The highest BCUT2D eigenvalue weighted by Gasteiger charge is 2.11. The van der Waals surface area contributed by atoms with E-state index < -0.39 is 5.91 Å². The number of carbonyl (C=O) groups is 1. The van der Waals surface area contributed by atoms with Crippen molar-refractivity contribution in [1.29, 1.82) is 5.26 Å². The highest BCUT2D eigenvalue weighted by atomic mass is 19.1. The average molecular weight is 446 g/mol. The molecular weight excluding hydrogens is 423 g/mol. The summed E-state index contributed by atoms with van der Waals surface area (Å²) >= 11 is 0. The number of ether oxygens (including phenoxy) is 3. The van der Waals surface area contributed by atoms with E-state index in [9.17, 15) is 14.4 Å². The molecule has 0 bridgehead atoms. The van der Waals surface area contributed by atoms with Gasteiger partial charge in [-0.3, -0.25) is 4.79 Å². The van der Waals surface area contributed by atoms with Gasteiger partial charge in [-0.15, -0.1) is 0 Å². The maximum atomic E-state index is 13.8. The Hall–Kier alpha value is -4.31. The van der Waals surface area contributed by atoms with Crippen molar-refractivity contribution in [3.8, 4) is 23.3 Å². The first-order valence-corrected chi connectivity index (χ1v) is 10.1. The lowest BCUT2D eigenvalue weighted by atomic mass is 10.1. The summed E-state index contributed by atoms with van der Waals surface area (Å²) in [5.41, 5.74) is 1.83. The van der Waals surface area contributed by atoms with Crippen molar-refractivity contribution in [2.45, 2.75) is 13.2 Å². The number of nitrogens with one attached hydrogen (secondary N) is 1. The molecule has 3 aromatic rings. The Morgan fingerprint density at radius 2 is 1.79 bits per heavy atom.